The molecule has 0 saturated carbocycles. The van der Waals surface area contributed by atoms with Crippen molar-refractivity contribution in [3.63, 3.8) is 0 Å². The van der Waals surface area contributed by atoms with Gasteiger partial charge in [-0.05, 0) is 100 Å². The van der Waals surface area contributed by atoms with E-state index in [4.69, 9.17) is 0 Å². The van der Waals surface area contributed by atoms with Gasteiger partial charge < -0.3 is 0 Å². The van der Waals surface area contributed by atoms with Gasteiger partial charge in [0.1, 0.15) is 0 Å². The second kappa shape index (κ2) is 9.71. The Balaban J connectivity index is 1.24. The Labute approximate surface area is 333 Å². The summed E-state index contributed by atoms with van der Waals surface area (Å²) in [7, 11) is 0. The Kier molecular flexibility index (Phi) is 5.09. The lowest BCUT2D eigenvalue weighted by Crippen LogP contribution is -2.33. The zero-order valence-corrected chi connectivity index (χ0v) is 31.8. The molecule has 0 N–H and O–H groups in total. The fraction of sp³-hybridized carbons (Fsp3) is 0.0741. The molecule has 9 aromatic rings. The molecule has 1 aromatic heterocycles. The van der Waals surface area contributed by atoms with Crippen molar-refractivity contribution in [2.24, 2.45) is 0 Å². The Morgan fingerprint density at radius 3 is 1.20 bits per heavy atom. The highest BCUT2D eigenvalue weighted by Crippen LogP contribution is 2.75. The van der Waals surface area contributed by atoms with Gasteiger partial charge in [0.2, 0.25) is 0 Å². The summed E-state index contributed by atoms with van der Waals surface area (Å²) in [6.45, 7) is 0. The summed E-state index contributed by atoms with van der Waals surface area (Å²) < 4.78 is 1.48. The van der Waals surface area contributed by atoms with Crippen molar-refractivity contribution < 1.29 is 0 Å². The second-order valence-electron chi connectivity index (χ2n) is 16.4. The average molecular weight is 743 g/mol. The fourth-order valence-electron chi connectivity index (χ4n) is 12.7. The summed E-state index contributed by atoms with van der Waals surface area (Å²) in [5.41, 5.74) is 26.3. The van der Waals surface area contributed by atoms with Crippen LogP contribution in [0.5, 0.6) is 0 Å². The first kappa shape index (κ1) is 29.4. The normalized spacial score (nSPS) is 18.9. The van der Waals surface area contributed by atoms with Crippen molar-refractivity contribution in [3.8, 4) is 44.5 Å². The molecule has 0 saturated heterocycles. The number of rotatable bonds is 0. The molecular weight excluding hydrogens is 713 g/mol. The van der Waals surface area contributed by atoms with Crippen LogP contribution in [0.4, 0.5) is 0 Å². The van der Waals surface area contributed by atoms with E-state index >= 15 is 0 Å². The van der Waals surface area contributed by atoms with E-state index in [-0.39, 0.29) is 0 Å². The van der Waals surface area contributed by atoms with Gasteiger partial charge in [0.15, 0.2) is 0 Å². The highest BCUT2D eigenvalue weighted by molar-refractivity contribution is 8.01. The molecule has 0 amide bonds. The molecule has 0 nitrogen and oxygen atoms in total. The van der Waals surface area contributed by atoms with Gasteiger partial charge in [-0.1, -0.05) is 170 Å². The van der Waals surface area contributed by atoms with Crippen LogP contribution in [0.25, 0.3) is 54.6 Å². The van der Waals surface area contributed by atoms with Gasteiger partial charge in [-0.2, -0.15) is 0 Å². The van der Waals surface area contributed by atoms with Gasteiger partial charge in [-0.15, -0.1) is 23.1 Å². The Morgan fingerprint density at radius 1 is 0.357 bits per heavy atom. The minimum absolute atomic E-state index is 0.340. The SMILES string of the molecule is c1ccc2c(c1)-c1ccccc1C21c2ccccc2-c2c1c1c(c3c4c(sc23)C2SC4c3ccccc32)-c2ccccc2C12c1ccccc1-c1ccccc12. The molecule has 2 spiro atoms. The molecule has 4 aliphatic carbocycles. The van der Waals surface area contributed by atoms with E-state index < -0.39 is 10.8 Å². The summed E-state index contributed by atoms with van der Waals surface area (Å²) in [5.74, 6) is 0. The topological polar surface area (TPSA) is 0 Å². The van der Waals surface area contributed by atoms with Crippen molar-refractivity contribution in [2.45, 2.75) is 21.3 Å². The van der Waals surface area contributed by atoms with Gasteiger partial charge in [0.25, 0.3) is 0 Å². The first-order chi connectivity index (χ1) is 27.8. The maximum atomic E-state index is 2.47. The highest BCUT2D eigenvalue weighted by Gasteiger charge is 2.61. The summed E-state index contributed by atoms with van der Waals surface area (Å²) in [6.07, 6.45) is 0. The minimum atomic E-state index is -0.490. The molecule has 0 fully saturated rings. The standard InChI is InChI=1S/C54H30S2/c1-2-20-34-33(19-1)49-46-45-43-35-21-7-13-27-41(35)53(37-23-9-3-15-29(37)30-16-4-10-24-38(30)53)47(43)48-44(51(45)56-52(46)50(34)55-49)36-22-8-14-28-42(36)54(48)39-25-11-5-17-31(39)32-18-6-12-26-40(32)54/h1-28,49-50H. The monoisotopic (exact) mass is 742 g/mol. The van der Waals surface area contributed by atoms with Crippen LogP contribution in [-0.4, -0.2) is 0 Å². The van der Waals surface area contributed by atoms with E-state index in [2.05, 4.69) is 193 Å². The molecular formula is C54H30S2. The quantitative estimate of drug-likeness (QED) is 0.149. The molecule has 15 rings (SSSR count). The Hall–Kier alpha value is -5.93. The van der Waals surface area contributed by atoms with Crippen molar-refractivity contribution in [3.05, 3.63) is 236 Å². The molecule has 2 heteroatoms. The van der Waals surface area contributed by atoms with Crippen molar-refractivity contribution in [1.82, 2.24) is 0 Å². The third kappa shape index (κ3) is 2.92. The van der Waals surface area contributed by atoms with E-state index in [1.807, 2.05) is 0 Å². The summed E-state index contributed by atoms with van der Waals surface area (Å²) in [4.78, 5) is 1.57. The van der Waals surface area contributed by atoms with Gasteiger partial charge in [0.05, 0.1) is 21.3 Å². The summed E-state index contributed by atoms with van der Waals surface area (Å²) in [6, 6.07) is 65.7. The van der Waals surface area contributed by atoms with Crippen LogP contribution in [0.1, 0.15) is 76.6 Å². The van der Waals surface area contributed by atoms with Crippen LogP contribution in [0.3, 0.4) is 0 Å². The number of fused-ring (bicyclic) bond motifs is 33. The van der Waals surface area contributed by atoms with Crippen LogP contribution in [0, 0.1) is 0 Å². The zero-order valence-electron chi connectivity index (χ0n) is 30.1. The van der Waals surface area contributed by atoms with E-state index in [0.717, 1.165) is 0 Å². The number of thioether (sulfide) groups is 1. The Morgan fingerprint density at radius 2 is 0.714 bits per heavy atom. The van der Waals surface area contributed by atoms with E-state index in [0.29, 0.717) is 10.5 Å². The van der Waals surface area contributed by atoms with Gasteiger partial charge >= 0.3 is 0 Å². The highest BCUT2D eigenvalue weighted by atomic mass is 32.2. The molecule has 2 atom stereocenters. The van der Waals surface area contributed by atoms with E-state index in [9.17, 15) is 0 Å². The maximum Gasteiger partial charge on any atom is 0.0729 e. The number of thiophene rings is 1. The number of hydrogen-bond donors (Lipinski definition) is 0. The third-order valence-corrected chi connectivity index (χ3v) is 17.4. The fourth-order valence-corrected chi connectivity index (χ4v) is 16.1. The maximum absolute atomic E-state index is 2.47. The predicted octanol–water partition coefficient (Wildman–Crippen LogP) is 13.8. The molecule has 2 bridgehead atoms. The van der Waals surface area contributed by atoms with Gasteiger partial charge in [-0.3, -0.25) is 0 Å². The summed E-state index contributed by atoms with van der Waals surface area (Å²) >= 11 is 4.28. The lowest BCUT2D eigenvalue weighted by Gasteiger charge is -2.38. The zero-order chi connectivity index (χ0) is 36.1. The van der Waals surface area contributed by atoms with E-state index in [1.165, 1.54) is 110 Å². The second-order valence-corrected chi connectivity index (χ2v) is 18.6. The van der Waals surface area contributed by atoms with Crippen LogP contribution < -0.4 is 0 Å². The van der Waals surface area contributed by atoms with Crippen molar-refractivity contribution in [1.29, 1.82) is 0 Å². The first-order valence-corrected chi connectivity index (χ1v) is 21.6. The molecule has 6 aliphatic rings. The molecule has 56 heavy (non-hydrogen) atoms. The summed E-state index contributed by atoms with van der Waals surface area (Å²) in [5, 5.41) is 2.23. The third-order valence-electron chi connectivity index (χ3n) is 14.4. The van der Waals surface area contributed by atoms with Crippen molar-refractivity contribution in [2.75, 3.05) is 0 Å². The lowest BCUT2D eigenvalue weighted by atomic mass is 9.62. The van der Waals surface area contributed by atoms with Crippen LogP contribution >= 0.6 is 23.1 Å². The molecule has 2 aliphatic heterocycles. The number of benzene rings is 8. The lowest BCUT2D eigenvalue weighted by molar-refractivity contribution is 0.727. The average Bonchev–Trinajstić information content (AvgIpc) is 4.12. The molecule has 3 heterocycles. The first-order valence-electron chi connectivity index (χ1n) is 19.8. The molecule has 258 valence electrons. The minimum Gasteiger partial charge on any atom is -0.138 e. The van der Waals surface area contributed by atoms with Gasteiger partial charge in [-0.25, -0.2) is 0 Å². The van der Waals surface area contributed by atoms with Crippen LogP contribution in [0.15, 0.2) is 170 Å². The molecule has 8 aromatic carbocycles. The van der Waals surface area contributed by atoms with Crippen molar-refractivity contribution >= 4 is 33.2 Å². The molecule has 0 radical (unpaired) electrons. The Bertz CT molecular complexity index is 3230. The van der Waals surface area contributed by atoms with Crippen LogP contribution in [-0.2, 0) is 10.8 Å². The predicted molar refractivity (Wildman–Crippen MR) is 232 cm³/mol. The van der Waals surface area contributed by atoms with Crippen LogP contribution in [0.2, 0.25) is 0 Å². The molecule has 2 unspecified atom stereocenters. The number of hydrogen-bond acceptors (Lipinski definition) is 2. The van der Waals surface area contributed by atoms with E-state index in [1.54, 1.807) is 10.4 Å². The smallest absolute Gasteiger partial charge is 0.0729 e. The largest absolute Gasteiger partial charge is 0.138 e. The van der Waals surface area contributed by atoms with Gasteiger partial charge in [0, 0.05) is 20.5 Å².